The van der Waals surface area contributed by atoms with Gasteiger partial charge in [-0.3, -0.25) is 4.79 Å². The van der Waals surface area contributed by atoms with Gasteiger partial charge < -0.3 is 9.15 Å². The van der Waals surface area contributed by atoms with Crippen molar-refractivity contribution in [2.24, 2.45) is 0 Å². The Morgan fingerprint density at radius 2 is 1.89 bits per heavy atom. The Bertz CT molecular complexity index is 1160. The van der Waals surface area contributed by atoms with Crippen molar-refractivity contribution in [3.8, 4) is 10.8 Å². The quantitative estimate of drug-likeness (QED) is 0.354. The maximum Gasteiger partial charge on any atom is 0.374 e. The number of ether oxygens (including phenoxy) is 1. The fraction of sp³-hybridized carbons (Fsp3) is 0.0500. The van der Waals surface area contributed by atoms with Crippen LogP contribution in [0.4, 0.5) is 8.78 Å². The van der Waals surface area contributed by atoms with E-state index in [1.165, 1.54) is 17.4 Å². The van der Waals surface area contributed by atoms with Crippen molar-refractivity contribution in [2.75, 3.05) is 6.61 Å². The van der Waals surface area contributed by atoms with Gasteiger partial charge in [-0.1, -0.05) is 12.1 Å². The first kappa shape index (κ1) is 18.0. The van der Waals surface area contributed by atoms with E-state index < -0.39 is 35.6 Å². The number of hydrogen-bond acceptors (Lipinski definition) is 6. The third-order valence-electron chi connectivity index (χ3n) is 3.88. The van der Waals surface area contributed by atoms with Crippen LogP contribution in [-0.2, 0) is 4.74 Å². The molecule has 0 aliphatic rings. The summed E-state index contributed by atoms with van der Waals surface area (Å²) < 4.78 is 38.1. The summed E-state index contributed by atoms with van der Waals surface area (Å²) in [6.07, 6.45) is 0. The Morgan fingerprint density at radius 3 is 2.71 bits per heavy atom. The lowest BCUT2D eigenvalue weighted by Crippen LogP contribution is -2.15. The summed E-state index contributed by atoms with van der Waals surface area (Å²) >= 11 is 1.41. The molecule has 28 heavy (non-hydrogen) atoms. The number of Topliss-reactive ketones (excluding diaryl/α,β-unsaturated/α-hetero) is 1. The van der Waals surface area contributed by atoms with E-state index in [2.05, 4.69) is 4.98 Å². The average Bonchev–Trinajstić information content (AvgIpc) is 3.34. The van der Waals surface area contributed by atoms with E-state index in [0.29, 0.717) is 10.8 Å². The third-order valence-corrected chi connectivity index (χ3v) is 4.93. The highest BCUT2D eigenvalue weighted by molar-refractivity contribution is 7.21. The van der Waals surface area contributed by atoms with Crippen LogP contribution < -0.4 is 0 Å². The van der Waals surface area contributed by atoms with Gasteiger partial charge in [-0.15, -0.1) is 11.3 Å². The van der Waals surface area contributed by atoms with Gasteiger partial charge in [-0.25, -0.2) is 18.6 Å². The zero-order chi connectivity index (χ0) is 19.7. The van der Waals surface area contributed by atoms with Crippen LogP contribution in [0.1, 0.15) is 20.9 Å². The Kier molecular flexibility index (Phi) is 4.70. The number of rotatable bonds is 5. The van der Waals surface area contributed by atoms with Crippen molar-refractivity contribution in [1.82, 2.24) is 4.98 Å². The lowest BCUT2D eigenvalue weighted by atomic mass is 10.1. The lowest BCUT2D eigenvalue weighted by Gasteiger charge is -2.04. The Balaban J connectivity index is 1.46. The molecule has 2 aromatic carbocycles. The molecule has 5 nitrogen and oxygen atoms in total. The summed E-state index contributed by atoms with van der Waals surface area (Å²) in [5, 5.41) is 0.596. The number of fused-ring (bicyclic) bond motifs is 1. The van der Waals surface area contributed by atoms with E-state index in [0.717, 1.165) is 28.4 Å². The second kappa shape index (κ2) is 7.32. The summed E-state index contributed by atoms with van der Waals surface area (Å²) in [6, 6.07) is 13.0. The standard InChI is InChI=1S/C20H11F2NO4S/c21-11-5-6-13(22)12(9-11)15(24)10-26-20(25)17-8-7-16(27-17)19-23-14-3-1-2-4-18(14)28-19/h1-9H,10H2. The van der Waals surface area contributed by atoms with Crippen LogP contribution in [0.25, 0.3) is 21.0 Å². The molecule has 2 aromatic heterocycles. The van der Waals surface area contributed by atoms with Gasteiger partial charge in [0.1, 0.15) is 11.6 Å². The van der Waals surface area contributed by atoms with Crippen LogP contribution in [0.5, 0.6) is 0 Å². The van der Waals surface area contributed by atoms with E-state index >= 15 is 0 Å². The van der Waals surface area contributed by atoms with Crippen LogP contribution in [0.15, 0.2) is 59.0 Å². The molecular weight excluding hydrogens is 388 g/mol. The van der Waals surface area contributed by atoms with Crippen molar-refractivity contribution in [3.63, 3.8) is 0 Å². The third kappa shape index (κ3) is 3.54. The van der Waals surface area contributed by atoms with E-state index in [1.807, 2.05) is 24.3 Å². The molecule has 2 heterocycles. The highest BCUT2D eigenvalue weighted by Gasteiger charge is 2.19. The van der Waals surface area contributed by atoms with Gasteiger partial charge in [0, 0.05) is 0 Å². The minimum Gasteiger partial charge on any atom is -0.451 e. The molecule has 0 aliphatic heterocycles. The van der Waals surface area contributed by atoms with Gasteiger partial charge in [-0.05, 0) is 42.5 Å². The second-order valence-corrected chi connectivity index (χ2v) is 6.80. The van der Waals surface area contributed by atoms with E-state index in [1.54, 1.807) is 6.07 Å². The monoisotopic (exact) mass is 399 g/mol. The van der Waals surface area contributed by atoms with Crippen molar-refractivity contribution >= 4 is 33.3 Å². The Morgan fingerprint density at radius 1 is 1.07 bits per heavy atom. The molecule has 4 aromatic rings. The van der Waals surface area contributed by atoms with Crippen molar-refractivity contribution in [2.45, 2.75) is 0 Å². The fourth-order valence-electron chi connectivity index (χ4n) is 2.53. The van der Waals surface area contributed by atoms with Crippen LogP contribution in [0.2, 0.25) is 0 Å². The summed E-state index contributed by atoms with van der Waals surface area (Å²) in [5.41, 5.74) is 0.327. The maximum absolute atomic E-state index is 13.6. The average molecular weight is 399 g/mol. The van der Waals surface area contributed by atoms with Crippen molar-refractivity contribution in [1.29, 1.82) is 0 Å². The van der Waals surface area contributed by atoms with Crippen molar-refractivity contribution in [3.05, 3.63) is 77.6 Å². The van der Waals surface area contributed by atoms with Crippen LogP contribution in [0.3, 0.4) is 0 Å². The Labute approximate surface area is 161 Å². The molecule has 0 unspecified atom stereocenters. The summed E-state index contributed by atoms with van der Waals surface area (Å²) in [4.78, 5) is 28.5. The van der Waals surface area contributed by atoms with Crippen LogP contribution in [-0.4, -0.2) is 23.3 Å². The van der Waals surface area contributed by atoms with Gasteiger partial charge in [0.05, 0.1) is 15.8 Å². The minimum absolute atomic E-state index is 0.123. The molecule has 0 atom stereocenters. The molecule has 0 saturated carbocycles. The Hall–Kier alpha value is -3.39. The number of furan rings is 1. The van der Waals surface area contributed by atoms with Gasteiger partial charge in [0.15, 0.2) is 17.4 Å². The summed E-state index contributed by atoms with van der Waals surface area (Å²) in [7, 11) is 0. The summed E-state index contributed by atoms with van der Waals surface area (Å²) in [6.45, 7) is -0.740. The second-order valence-electron chi connectivity index (χ2n) is 5.77. The number of halogens is 2. The normalized spacial score (nSPS) is 10.9. The molecule has 0 aliphatic carbocycles. The number of ketones is 1. The molecule has 0 N–H and O–H groups in total. The number of carbonyl (C=O) groups is 2. The first-order chi connectivity index (χ1) is 13.5. The number of nitrogens with zero attached hydrogens (tertiary/aromatic N) is 1. The first-order valence-electron chi connectivity index (χ1n) is 8.12. The predicted molar refractivity (Wildman–Crippen MR) is 98.3 cm³/mol. The molecule has 8 heteroatoms. The number of thiazole rings is 1. The molecular formula is C20H11F2NO4S. The number of esters is 1. The number of hydrogen-bond donors (Lipinski definition) is 0. The highest BCUT2D eigenvalue weighted by Crippen LogP contribution is 2.31. The summed E-state index contributed by atoms with van der Waals surface area (Å²) in [5.74, 6) is -3.14. The van der Waals surface area contributed by atoms with Gasteiger partial charge in [-0.2, -0.15) is 0 Å². The molecule has 0 saturated heterocycles. The van der Waals surface area contributed by atoms with Gasteiger partial charge >= 0.3 is 5.97 Å². The molecule has 4 rings (SSSR count). The molecule has 0 radical (unpaired) electrons. The number of benzene rings is 2. The smallest absolute Gasteiger partial charge is 0.374 e. The topological polar surface area (TPSA) is 69.4 Å². The fourth-order valence-corrected chi connectivity index (χ4v) is 3.46. The largest absolute Gasteiger partial charge is 0.451 e. The van der Waals surface area contributed by atoms with Crippen LogP contribution >= 0.6 is 11.3 Å². The minimum atomic E-state index is -0.891. The number of carbonyl (C=O) groups excluding carboxylic acids is 2. The predicted octanol–water partition coefficient (Wildman–Crippen LogP) is 4.87. The van der Waals surface area contributed by atoms with E-state index in [9.17, 15) is 18.4 Å². The first-order valence-corrected chi connectivity index (χ1v) is 8.94. The highest BCUT2D eigenvalue weighted by atomic mass is 32.1. The molecule has 0 amide bonds. The van der Waals surface area contributed by atoms with Crippen molar-refractivity contribution < 1.29 is 27.5 Å². The molecule has 0 bridgehead atoms. The lowest BCUT2D eigenvalue weighted by molar-refractivity contribution is 0.0443. The zero-order valence-electron chi connectivity index (χ0n) is 14.1. The van der Waals surface area contributed by atoms with E-state index in [-0.39, 0.29) is 5.76 Å². The molecule has 0 spiro atoms. The molecule has 140 valence electrons. The SMILES string of the molecule is O=C(OCC(=O)c1cc(F)ccc1F)c1ccc(-c2nc3ccccc3s2)o1. The number of para-hydroxylation sites is 1. The zero-order valence-corrected chi connectivity index (χ0v) is 15.0. The van der Waals surface area contributed by atoms with Gasteiger partial charge in [0.25, 0.3) is 0 Å². The number of aromatic nitrogens is 1. The van der Waals surface area contributed by atoms with Gasteiger partial charge in [0.2, 0.25) is 11.5 Å². The maximum atomic E-state index is 13.6. The van der Waals surface area contributed by atoms with E-state index in [4.69, 9.17) is 9.15 Å². The molecule has 0 fully saturated rings. The van der Waals surface area contributed by atoms with Crippen LogP contribution in [0, 0.1) is 11.6 Å².